The Hall–Kier alpha value is -1.55. The molecule has 96 valence electrons. The highest BCUT2D eigenvalue weighted by molar-refractivity contribution is 5.65. The van der Waals surface area contributed by atoms with Crippen molar-refractivity contribution in [1.29, 1.82) is 0 Å². The summed E-state index contributed by atoms with van der Waals surface area (Å²) in [6, 6.07) is 10.3. The Labute approximate surface area is 106 Å². The molecule has 2 bridgehead atoms. The van der Waals surface area contributed by atoms with Gasteiger partial charge in [0.05, 0.1) is 6.04 Å². The number of hydrogen-bond acceptors (Lipinski definition) is 2. The fourth-order valence-corrected chi connectivity index (χ4v) is 3.51. The summed E-state index contributed by atoms with van der Waals surface area (Å²) in [5.41, 5.74) is 0.972. The minimum absolute atomic E-state index is 0.0790. The van der Waals surface area contributed by atoms with Gasteiger partial charge in [-0.05, 0) is 31.2 Å². The van der Waals surface area contributed by atoms with Crippen molar-refractivity contribution in [2.45, 2.75) is 43.3 Å². The molecule has 0 saturated carbocycles. The first-order valence-corrected chi connectivity index (χ1v) is 6.52. The van der Waals surface area contributed by atoms with E-state index in [9.17, 15) is 4.79 Å². The number of nitrogens with one attached hydrogen (secondary N) is 2. The molecule has 4 nitrogen and oxygen atoms in total. The molecule has 0 radical (unpaired) electrons. The van der Waals surface area contributed by atoms with E-state index in [1.807, 2.05) is 30.3 Å². The molecule has 1 atom stereocenters. The van der Waals surface area contributed by atoms with E-state index in [-0.39, 0.29) is 11.6 Å². The maximum Gasteiger partial charge on any atom is 0.405 e. The molecule has 4 heteroatoms. The molecule has 2 fully saturated rings. The number of hydrogen-bond donors (Lipinski definition) is 3. The Morgan fingerprint density at radius 3 is 2.50 bits per heavy atom. The van der Waals surface area contributed by atoms with Gasteiger partial charge >= 0.3 is 6.09 Å². The van der Waals surface area contributed by atoms with Gasteiger partial charge in [0, 0.05) is 11.6 Å². The smallest absolute Gasteiger partial charge is 0.405 e. The monoisotopic (exact) mass is 246 g/mol. The van der Waals surface area contributed by atoms with E-state index >= 15 is 0 Å². The minimum atomic E-state index is -0.949. The van der Waals surface area contributed by atoms with E-state index < -0.39 is 6.09 Å². The third kappa shape index (κ3) is 1.86. The number of amides is 1. The summed E-state index contributed by atoms with van der Waals surface area (Å²) in [6.45, 7) is 0. The fourth-order valence-electron chi connectivity index (χ4n) is 3.51. The lowest BCUT2D eigenvalue weighted by Gasteiger charge is -2.35. The molecule has 3 rings (SSSR count). The molecule has 1 aromatic rings. The Bertz CT molecular complexity index is 438. The van der Waals surface area contributed by atoms with Crippen LogP contribution >= 0.6 is 0 Å². The van der Waals surface area contributed by atoms with E-state index in [0.717, 1.165) is 31.2 Å². The second-order valence-electron chi connectivity index (χ2n) is 5.37. The predicted molar refractivity (Wildman–Crippen MR) is 68.5 cm³/mol. The molecular formula is C14H18N2O2. The molecule has 3 N–H and O–H groups in total. The van der Waals surface area contributed by atoms with Crippen molar-refractivity contribution >= 4 is 6.09 Å². The van der Waals surface area contributed by atoms with Gasteiger partial charge in [0.25, 0.3) is 0 Å². The number of fused-ring (bicyclic) bond motifs is 2. The van der Waals surface area contributed by atoms with Crippen LogP contribution in [0.5, 0.6) is 0 Å². The minimum Gasteiger partial charge on any atom is -0.465 e. The third-order valence-electron chi connectivity index (χ3n) is 4.32. The molecule has 1 aromatic carbocycles. The van der Waals surface area contributed by atoms with Crippen molar-refractivity contribution in [3.8, 4) is 0 Å². The standard InChI is InChI=1S/C14H18N2O2/c17-13(18)15-12(10-4-2-1-3-5-10)14-8-6-11(16-14)7-9-14/h1-5,11-12,15-16H,6-9H2,(H,17,18). The van der Waals surface area contributed by atoms with E-state index in [1.54, 1.807) is 0 Å². The molecule has 2 saturated heterocycles. The van der Waals surface area contributed by atoms with Crippen LogP contribution in [0.15, 0.2) is 30.3 Å². The van der Waals surface area contributed by atoms with Crippen molar-refractivity contribution in [1.82, 2.24) is 10.6 Å². The van der Waals surface area contributed by atoms with Gasteiger partial charge in [0.1, 0.15) is 0 Å². The second-order valence-corrected chi connectivity index (χ2v) is 5.37. The van der Waals surface area contributed by atoms with Crippen LogP contribution in [0.1, 0.15) is 37.3 Å². The number of benzene rings is 1. The Balaban J connectivity index is 1.93. The van der Waals surface area contributed by atoms with Gasteiger partial charge in [-0.2, -0.15) is 0 Å². The highest BCUT2D eigenvalue weighted by Crippen LogP contribution is 2.45. The zero-order chi connectivity index (χ0) is 12.6. The predicted octanol–water partition coefficient (Wildman–Crippen LogP) is 2.28. The Kier molecular flexibility index (Phi) is 2.74. The highest BCUT2D eigenvalue weighted by atomic mass is 16.4. The van der Waals surface area contributed by atoms with Crippen LogP contribution in [0.25, 0.3) is 0 Å². The zero-order valence-corrected chi connectivity index (χ0v) is 10.2. The largest absolute Gasteiger partial charge is 0.465 e. The average Bonchev–Trinajstić information content (AvgIpc) is 2.98. The summed E-state index contributed by atoms with van der Waals surface area (Å²) in [5, 5.41) is 15.4. The van der Waals surface area contributed by atoms with Crippen LogP contribution in [0.3, 0.4) is 0 Å². The number of carboxylic acid groups (broad SMARTS) is 1. The summed E-state index contributed by atoms with van der Waals surface area (Å²) in [6.07, 6.45) is 3.47. The molecule has 2 aliphatic heterocycles. The molecule has 18 heavy (non-hydrogen) atoms. The lowest BCUT2D eigenvalue weighted by molar-refractivity contribution is 0.176. The van der Waals surface area contributed by atoms with E-state index in [1.165, 1.54) is 0 Å². The summed E-state index contributed by atoms with van der Waals surface area (Å²) in [4.78, 5) is 11.1. The van der Waals surface area contributed by atoms with Crippen molar-refractivity contribution in [2.75, 3.05) is 0 Å². The fraction of sp³-hybridized carbons (Fsp3) is 0.500. The normalized spacial score (nSPS) is 31.2. The van der Waals surface area contributed by atoms with Gasteiger partial charge in [-0.25, -0.2) is 4.79 Å². The lowest BCUT2D eigenvalue weighted by atomic mass is 9.79. The first-order valence-electron chi connectivity index (χ1n) is 6.52. The van der Waals surface area contributed by atoms with Crippen LogP contribution in [0.4, 0.5) is 4.79 Å². The Morgan fingerprint density at radius 2 is 2.00 bits per heavy atom. The quantitative estimate of drug-likeness (QED) is 0.766. The molecule has 0 aromatic heterocycles. The van der Waals surface area contributed by atoms with Gasteiger partial charge in [0.15, 0.2) is 0 Å². The molecular weight excluding hydrogens is 228 g/mol. The number of carbonyl (C=O) groups is 1. The first-order chi connectivity index (χ1) is 8.70. The summed E-state index contributed by atoms with van der Waals surface area (Å²) in [7, 11) is 0. The topological polar surface area (TPSA) is 61.4 Å². The third-order valence-corrected chi connectivity index (χ3v) is 4.32. The molecule has 1 amide bonds. The number of rotatable bonds is 3. The average molecular weight is 246 g/mol. The second kappa shape index (κ2) is 4.28. The Morgan fingerprint density at radius 1 is 1.33 bits per heavy atom. The van der Waals surface area contributed by atoms with Gasteiger partial charge in [-0.1, -0.05) is 30.3 Å². The molecule has 2 aliphatic rings. The van der Waals surface area contributed by atoms with E-state index in [2.05, 4.69) is 10.6 Å². The highest BCUT2D eigenvalue weighted by Gasteiger charge is 2.50. The van der Waals surface area contributed by atoms with Crippen molar-refractivity contribution in [2.24, 2.45) is 0 Å². The molecule has 0 aliphatic carbocycles. The zero-order valence-electron chi connectivity index (χ0n) is 10.2. The van der Waals surface area contributed by atoms with Crippen LogP contribution in [-0.4, -0.2) is 22.8 Å². The van der Waals surface area contributed by atoms with E-state index in [4.69, 9.17) is 5.11 Å². The molecule has 2 heterocycles. The van der Waals surface area contributed by atoms with Gasteiger partial charge < -0.3 is 15.7 Å². The summed E-state index contributed by atoms with van der Waals surface area (Å²) >= 11 is 0. The molecule has 0 spiro atoms. The molecule has 1 unspecified atom stereocenters. The SMILES string of the molecule is O=C(O)NC(c1ccccc1)C12CCC(CC1)N2. The summed E-state index contributed by atoms with van der Waals surface area (Å²) < 4.78 is 0. The van der Waals surface area contributed by atoms with E-state index in [0.29, 0.717) is 6.04 Å². The van der Waals surface area contributed by atoms with Crippen LogP contribution in [0.2, 0.25) is 0 Å². The van der Waals surface area contributed by atoms with Crippen LogP contribution < -0.4 is 10.6 Å². The van der Waals surface area contributed by atoms with Crippen molar-refractivity contribution in [3.05, 3.63) is 35.9 Å². The van der Waals surface area contributed by atoms with Gasteiger partial charge in [-0.15, -0.1) is 0 Å². The lowest BCUT2D eigenvalue weighted by Crippen LogP contribution is -2.50. The van der Waals surface area contributed by atoms with Crippen LogP contribution in [0, 0.1) is 0 Å². The van der Waals surface area contributed by atoms with Crippen molar-refractivity contribution in [3.63, 3.8) is 0 Å². The van der Waals surface area contributed by atoms with Gasteiger partial charge in [-0.3, -0.25) is 0 Å². The first kappa shape index (κ1) is 11.5. The van der Waals surface area contributed by atoms with Crippen LogP contribution in [-0.2, 0) is 0 Å². The summed E-state index contributed by atoms with van der Waals surface area (Å²) in [5.74, 6) is 0. The maximum absolute atomic E-state index is 11.1. The van der Waals surface area contributed by atoms with Gasteiger partial charge in [0.2, 0.25) is 0 Å². The van der Waals surface area contributed by atoms with Crippen molar-refractivity contribution < 1.29 is 9.90 Å². The maximum atomic E-state index is 11.1.